The number of rotatable bonds is 5. The molecule has 0 aliphatic heterocycles. The van der Waals surface area contributed by atoms with Gasteiger partial charge in [0.2, 0.25) is 0 Å². The number of benzene rings is 2. The molecule has 0 unspecified atom stereocenters. The van der Waals surface area contributed by atoms with Crippen LogP contribution in [-0.4, -0.2) is 43.3 Å². The molecule has 2 rings (SSSR count). The number of carbonyl (C=O) groups is 1. The molecule has 2 aromatic rings. The topological polar surface area (TPSA) is 127 Å². The van der Waals surface area contributed by atoms with Crippen LogP contribution < -0.4 is 4.74 Å². The van der Waals surface area contributed by atoms with Gasteiger partial charge in [0, 0.05) is 15.6 Å². The molecule has 2 aromatic carbocycles. The summed E-state index contributed by atoms with van der Waals surface area (Å²) in [5.74, 6) is -8.18. The molecule has 24 heavy (non-hydrogen) atoms. The standard InChI is InChI=1S/C15H12BrClO7/c16-9-3-6-12(17)11(7-9)13(18)8-1-4-10(5-2-8)24-15(22,23)14(19,20)21/h1-7,19-23H. The summed E-state index contributed by atoms with van der Waals surface area (Å²) in [6.45, 7) is 0. The van der Waals surface area contributed by atoms with Gasteiger partial charge in [0.15, 0.2) is 5.78 Å². The molecule has 0 radical (unpaired) electrons. The second-order valence-corrected chi connectivity index (χ2v) is 6.15. The molecule has 9 heteroatoms. The van der Waals surface area contributed by atoms with E-state index in [1.54, 1.807) is 18.2 Å². The van der Waals surface area contributed by atoms with Crippen molar-refractivity contribution in [1.29, 1.82) is 0 Å². The van der Waals surface area contributed by atoms with Gasteiger partial charge in [-0.15, -0.1) is 0 Å². The molecule has 0 amide bonds. The summed E-state index contributed by atoms with van der Waals surface area (Å²) in [6.07, 6.45) is 0. The summed E-state index contributed by atoms with van der Waals surface area (Å²) in [6, 6.07) is 9.75. The van der Waals surface area contributed by atoms with Crippen LogP contribution in [-0.2, 0) is 0 Å². The lowest BCUT2D eigenvalue weighted by Gasteiger charge is -2.29. The molecule has 128 valence electrons. The van der Waals surface area contributed by atoms with Crippen LogP contribution in [0.4, 0.5) is 0 Å². The molecule has 0 spiro atoms. The van der Waals surface area contributed by atoms with E-state index in [2.05, 4.69) is 20.7 Å². The fourth-order valence-corrected chi connectivity index (χ4v) is 2.30. The quantitative estimate of drug-likeness (QED) is 0.361. The SMILES string of the molecule is O=C(c1ccc(OC(O)(O)C(O)(O)O)cc1)c1cc(Br)ccc1Cl. The van der Waals surface area contributed by atoms with E-state index in [4.69, 9.17) is 26.9 Å². The van der Waals surface area contributed by atoms with Gasteiger partial charge in [0.25, 0.3) is 0 Å². The third kappa shape index (κ3) is 4.11. The Hall–Kier alpha value is -1.52. The lowest BCUT2D eigenvalue weighted by Crippen LogP contribution is -2.58. The normalized spacial score (nSPS) is 12.1. The van der Waals surface area contributed by atoms with Gasteiger partial charge in [-0.25, -0.2) is 0 Å². The number of ketones is 1. The van der Waals surface area contributed by atoms with Gasteiger partial charge in [-0.05, 0) is 42.5 Å². The number of hydrogen-bond acceptors (Lipinski definition) is 7. The minimum Gasteiger partial charge on any atom is -0.433 e. The fraction of sp³-hybridized carbons (Fsp3) is 0.133. The van der Waals surface area contributed by atoms with E-state index in [-0.39, 0.29) is 27.7 Å². The summed E-state index contributed by atoms with van der Waals surface area (Å²) in [4.78, 5) is 12.4. The van der Waals surface area contributed by atoms with Crippen molar-refractivity contribution in [1.82, 2.24) is 0 Å². The highest BCUT2D eigenvalue weighted by atomic mass is 79.9. The molecule has 0 fully saturated rings. The Morgan fingerprint density at radius 2 is 1.58 bits per heavy atom. The third-order valence-electron chi connectivity index (χ3n) is 2.99. The summed E-state index contributed by atoms with van der Waals surface area (Å²) in [5.41, 5.74) is 0.491. The van der Waals surface area contributed by atoms with E-state index in [9.17, 15) is 15.0 Å². The molecule has 0 saturated carbocycles. The number of carbonyl (C=O) groups excluding carboxylic acids is 1. The van der Waals surface area contributed by atoms with Crippen molar-refractivity contribution in [3.05, 3.63) is 63.1 Å². The zero-order valence-corrected chi connectivity index (χ0v) is 14.2. The number of halogens is 2. The second kappa shape index (κ2) is 6.77. The zero-order valence-electron chi connectivity index (χ0n) is 11.8. The van der Waals surface area contributed by atoms with Gasteiger partial charge in [-0.2, -0.15) is 0 Å². The second-order valence-electron chi connectivity index (χ2n) is 4.82. The van der Waals surface area contributed by atoms with Crippen LogP contribution in [0.1, 0.15) is 15.9 Å². The van der Waals surface area contributed by atoms with Crippen molar-refractivity contribution in [2.45, 2.75) is 11.9 Å². The molecular weight excluding hydrogens is 408 g/mol. The van der Waals surface area contributed by atoms with E-state index in [1.165, 1.54) is 24.3 Å². The van der Waals surface area contributed by atoms with Gasteiger partial charge in [-0.1, -0.05) is 27.5 Å². The highest BCUT2D eigenvalue weighted by Crippen LogP contribution is 2.26. The van der Waals surface area contributed by atoms with Crippen LogP contribution in [0.3, 0.4) is 0 Å². The smallest absolute Gasteiger partial charge is 0.409 e. The molecule has 0 bridgehead atoms. The van der Waals surface area contributed by atoms with Crippen molar-refractivity contribution in [2.75, 3.05) is 0 Å². The van der Waals surface area contributed by atoms with Crippen LogP contribution in [0, 0.1) is 0 Å². The van der Waals surface area contributed by atoms with Gasteiger partial charge in [0.05, 0.1) is 5.02 Å². The van der Waals surface area contributed by atoms with E-state index < -0.39 is 11.9 Å². The van der Waals surface area contributed by atoms with E-state index in [1.807, 2.05) is 0 Å². The monoisotopic (exact) mass is 418 g/mol. The van der Waals surface area contributed by atoms with Crippen LogP contribution >= 0.6 is 27.5 Å². The maximum atomic E-state index is 12.4. The molecule has 0 saturated heterocycles. The maximum absolute atomic E-state index is 12.4. The number of aliphatic hydroxyl groups is 5. The third-order valence-corrected chi connectivity index (χ3v) is 3.81. The van der Waals surface area contributed by atoms with Crippen LogP contribution in [0.2, 0.25) is 5.02 Å². The average Bonchev–Trinajstić information content (AvgIpc) is 2.48. The van der Waals surface area contributed by atoms with E-state index >= 15 is 0 Å². The molecule has 0 aliphatic rings. The zero-order chi connectivity index (χ0) is 18.1. The summed E-state index contributed by atoms with van der Waals surface area (Å²) in [5, 5.41) is 45.0. The summed E-state index contributed by atoms with van der Waals surface area (Å²) in [7, 11) is 0. The molecule has 0 atom stereocenters. The highest BCUT2D eigenvalue weighted by Gasteiger charge is 2.50. The van der Waals surface area contributed by atoms with Crippen molar-refractivity contribution in [2.24, 2.45) is 0 Å². The maximum Gasteiger partial charge on any atom is 0.409 e. The Balaban J connectivity index is 2.23. The lowest BCUT2D eigenvalue weighted by molar-refractivity contribution is -0.502. The Labute approximate surface area is 149 Å². The van der Waals surface area contributed by atoms with Crippen molar-refractivity contribution in [3.63, 3.8) is 0 Å². The number of ether oxygens (including phenoxy) is 1. The summed E-state index contributed by atoms with van der Waals surface area (Å²) >= 11 is 9.24. The average molecular weight is 420 g/mol. The van der Waals surface area contributed by atoms with E-state index in [0.29, 0.717) is 4.47 Å². The Bertz CT molecular complexity index is 753. The van der Waals surface area contributed by atoms with Crippen LogP contribution in [0.15, 0.2) is 46.9 Å². The number of hydrogen-bond donors (Lipinski definition) is 5. The van der Waals surface area contributed by atoms with Crippen molar-refractivity contribution >= 4 is 33.3 Å². The predicted molar refractivity (Wildman–Crippen MR) is 86.2 cm³/mol. The van der Waals surface area contributed by atoms with Gasteiger partial charge in [-0.3, -0.25) is 4.79 Å². The summed E-state index contributed by atoms with van der Waals surface area (Å²) < 4.78 is 5.14. The molecular formula is C15H12BrClO7. The molecule has 0 aromatic heterocycles. The highest BCUT2D eigenvalue weighted by molar-refractivity contribution is 9.10. The first-order chi connectivity index (χ1) is 11.0. The first-order valence-electron chi connectivity index (χ1n) is 6.42. The Morgan fingerprint density at radius 3 is 2.12 bits per heavy atom. The first-order valence-corrected chi connectivity index (χ1v) is 7.59. The molecule has 0 heterocycles. The lowest BCUT2D eigenvalue weighted by atomic mass is 10.0. The van der Waals surface area contributed by atoms with Gasteiger partial charge < -0.3 is 30.3 Å². The van der Waals surface area contributed by atoms with Crippen molar-refractivity contribution in [3.8, 4) is 5.75 Å². The molecule has 5 N–H and O–H groups in total. The minimum atomic E-state index is -3.90. The fourth-order valence-electron chi connectivity index (χ4n) is 1.73. The largest absolute Gasteiger partial charge is 0.433 e. The minimum absolute atomic E-state index is 0.229. The predicted octanol–water partition coefficient (Wildman–Crippen LogP) is 0.981. The van der Waals surface area contributed by atoms with Crippen LogP contribution in [0.25, 0.3) is 0 Å². The van der Waals surface area contributed by atoms with Crippen molar-refractivity contribution < 1.29 is 35.1 Å². The Kier molecular flexibility index (Phi) is 5.31. The first kappa shape index (κ1) is 18.8. The van der Waals surface area contributed by atoms with Gasteiger partial charge in [0.1, 0.15) is 5.75 Å². The van der Waals surface area contributed by atoms with E-state index in [0.717, 1.165) is 0 Å². The van der Waals surface area contributed by atoms with Crippen LogP contribution in [0.5, 0.6) is 5.75 Å². The molecule has 7 nitrogen and oxygen atoms in total. The molecule has 0 aliphatic carbocycles. The van der Waals surface area contributed by atoms with Gasteiger partial charge >= 0.3 is 11.9 Å². The Morgan fingerprint density at radius 1 is 1.00 bits per heavy atom.